The lowest BCUT2D eigenvalue weighted by Crippen LogP contribution is -2.18. The van der Waals surface area contributed by atoms with Crippen LogP contribution in [0.3, 0.4) is 0 Å². The Morgan fingerprint density at radius 1 is 0.879 bits per heavy atom. The van der Waals surface area contributed by atoms with Crippen LogP contribution in [0.4, 0.5) is 0 Å². The number of hydrogen-bond donors (Lipinski definition) is 1. The van der Waals surface area contributed by atoms with Gasteiger partial charge in [0.25, 0.3) is 5.91 Å². The van der Waals surface area contributed by atoms with Crippen LogP contribution in [-0.2, 0) is 4.79 Å². The first-order valence-corrected chi connectivity index (χ1v) is 10.9. The van der Waals surface area contributed by atoms with E-state index in [1.54, 1.807) is 30.3 Å². The highest BCUT2D eigenvalue weighted by molar-refractivity contribution is 9.10. The molecule has 0 aliphatic carbocycles. The monoisotopic (exact) mass is 498 g/mol. The predicted octanol–water partition coefficient (Wildman–Crippen LogP) is 5.99. The van der Waals surface area contributed by atoms with Crippen molar-refractivity contribution in [2.24, 2.45) is 5.10 Å². The summed E-state index contributed by atoms with van der Waals surface area (Å²) in [6, 6.07) is 27.8. The Bertz CT molecular complexity index is 1360. The predicted molar refractivity (Wildman–Crippen MR) is 134 cm³/mol. The van der Waals surface area contributed by atoms with E-state index in [0.29, 0.717) is 16.9 Å². The zero-order chi connectivity index (χ0) is 23.0. The molecule has 1 N–H and O–H groups in total. The third-order valence-electron chi connectivity index (χ3n) is 4.80. The molecule has 33 heavy (non-hydrogen) atoms. The number of hydrazone groups is 1. The molecule has 0 saturated carbocycles. The van der Waals surface area contributed by atoms with Crippen LogP contribution in [0.1, 0.15) is 21.5 Å². The fourth-order valence-corrected chi connectivity index (χ4v) is 3.61. The molecule has 0 aromatic heterocycles. The molecule has 5 nitrogen and oxygen atoms in total. The minimum atomic E-state index is -0.518. The van der Waals surface area contributed by atoms with E-state index in [1.165, 1.54) is 12.3 Å². The highest BCUT2D eigenvalue weighted by Crippen LogP contribution is 2.22. The number of carbonyl (C=O) groups excluding carboxylic acids is 2. The molecule has 0 heterocycles. The molecule has 0 aliphatic rings. The zero-order valence-electron chi connectivity index (χ0n) is 17.4. The van der Waals surface area contributed by atoms with Gasteiger partial charge >= 0.3 is 5.97 Å². The van der Waals surface area contributed by atoms with E-state index < -0.39 is 5.97 Å². The summed E-state index contributed by atoms with van der Waals surface area (Å²) in [5, 5.41) is 5.89. The highest BCUT2D eigenvalue weighted by atomic mass is 79.9. The summed E-state index contributed by atoms with van der Waals surface area (Å²) < 4.78 is 6.25. The van der Waals surface area contributed by atoms with Crippen molar-refractivity contribution < 1.29 is 14.3 Å². The fraction of sp³-hybridized carbons (Fsp3) is 0. The zero-order valence-corrected chi connectivity index (χ0v) is 19.0. The lowest BCUT2D eigenvalue weighted by Gasteiger charge is -2.07. The second-order valence-electron chi connectivity index (χ2n) is 7.07. The number of carbonyl (C=O) groups is 2. The molecule has 0 saturated heterocycles. The molecule has 0 radical (unpaired) electrons. The molecule has 4 rings (SSSR count). The molecule has 1 amide bonds. The van der Waals surface area contributed by atoms with Crippen molar-refractivity contribution >= 4 is 50.9 Å². The van der Waals surface area contributed by atoms with Gasteiger partial charge in [-0.3, -0.25) is 4.79 Å². The van der Waals surface area contributed by atoms with Crippen molar-refractivity contribution in [3.05, 3.63) is 118 Å². The first kappa shape index (κ1) is 22.2. The van der Waals surface area contributed by atoms with E-state index in [-0.39, 0.29) is 5.91 Å². The Morgan fingerprint density at radius 2 is 1.64 bits per heavy atom. The second kappa shape index (κ2) is 10.5. The van der Waals surface area contributed by atoms with Crippen molar-refractivity contribution in [1.29, 1.82) is 0 Å². The van der Waals surface area contributed by atoms with E-state index >= 15 is 0 Å². The fourth-order valence-electron chi connectivity index (χ4n) is 3.23. The van der Waals surface area contributed by atoms with Crippen LogP contribution in [0, 0.1) is 0 Å². The van der Waals surface area contributed by atoms with E-state index in [0.717, 1.165) is 20.8 Å². The molecule has 0 spiro atoms. The number of amides is 1. The molecule has 0 aliphatic heterocycles. The third-order valence-corrected chi connectivity index (χ3v) is 5.29. The molecular formula is C27H19BrN2O3. The van der Waals surface area contributed by atoms with Crippen molar-refractivity contribution in [2.75, 3.05) is 0 Å². The van der Waals surface area contributed by atoms with Gasteiger partial charge in [0.05, 0.1) is 6.21 Å². The number of fused-ring (bicyclic) bond motifs is 1. The summed E-state index contributed by atoms with van der Waals surface area (Å²) in [5.74, 6) is -0.526. The van der Waals surface area contributed by atoms with Crippen molar-refractivity contribution in [1.82, 2.24) is 5.43 Å². The van der Waals surface area contributed by atoms with Crippen LogP contribution >= 0.6 is 15.9 Å². The number of nitrogens with one attached hydrogen (secondary N) is 1. The molecule has 0 fully saturated rings. The minimum absolute atomic E-state index is 0.323. The Balaban J connectivity index is 1.47. The van der Waals surface area contributed by atoms with Crippen LogP contribution in [0.25, 0.3) is 16.8 Å². The maximum atomic E-state index is 12.7. The minimum Gasteiger partial charge on any atom is -0.423 e. The number of halogens is 1. The Morgan fingerprint density at radius 3 is 2.48 bits per heavy atom. The van der Waals surface area contributed by atoms with E-state index in [2.05, 4.69) is 26.5 Å². The summed E-state index contributed by atoms with van der Waals surface area (Å²) in [4.78, 5) is 24.9. The molecular weight excluding hydrogens is 480 g/mol. The van der Waals surface area contributed by atoms with Crippen molar-refractivity contribution in [3.8, 4) is 5.75 Å². The summed E-state index contributed by atoms with van der Waals surface area (Å²) in [6.45, 7) is 0. The van der Waals surface area contributed by atoms with Gasteiger partial charge in [0.2, 0.25) is 0 Å². The van der Waals surface area contributed by atoms with Gasteiger partial charge < -0.3 is 4.74 Å². The molecule has 0 atom stereocenters. The highest BCUT2D eigenvalue weighted by Gasteiger charge is 2.10. The van der Waals surface area contributed by atoms with Gasteiger partial charge in [0.1, 0.15) is 5.75 Å². The summed E-state index contributed by atoms with van der Waals surface area (Å²) in [7, 11) is 0. The van der Waals surface area contributed by atoms with Gasteiger partial charge in [-0.05, 0) is 46.7 Å². The summed E-state index contributed by atoms with van der Waals surface area (Å²) >= 11 is 3.41. The van der Waals surface area contributed by atoms with Crippen LogP contribution in [0.15, 0.2) is 107 Å². The van der Waals surface area contributed by atoms with Gasteiger partial charge in [-0.2, -0.15) is 5.10 Å². The quantitative estimate of drug-likeness (QED) is 0.117. The maximum absolute atomic E-state index is 12.7. The number of nitrogens with zero attached hydrogens (tertiary/aromatic N) is 1. The smallest absolute Gasteiger partial charge is 0.336 e. The van der Waals surface area contributed by atoms with Crippen LogP contribution in [-0.4, -0.2) is 18.1 Å². The Kier molecular flexibility index (Phi) is 7.07. The molecule has 4 aromatic rings. The molecule has 0 bridgehead atoms. The average Bonchev–Trinajstić information content (AvgIpc) is 2.84. The maximum Gasteiger partial charge on any atom is 0.336 e. The Hall–Kier alpha value is -4.03. The first-order valence-electron chi connectivity index (χ1n) is 10.2. The number of esters is 1. The standard InChI is InChI=1S/C27H19BrN2O3/c28-22-14-15-25(33-26(31)16-13-19-7-2-1-3-8-19)21(17-22)18-29-30-27(32)24-12-6-10-20-9-4-5-11-23(20)24/h1-18H,(H,30,32)/b16-13+,29-18-. The molecule has 0 unspecified atom stereocenters. The third kappa shape index (κ3) is 5.81. The number of rotatable bonds is 6. The van der Waals surface area contributed by atoms with Gasteiger partial charge in [0.15, 0.2) is 0 Å². The van der Waals surface area contributed by atoms with Gasteiger partial charge in [-0.15, -0.1) is 0 Å². The lowest BCUT2D eigenvalue weighted by atomic mass is 10.0. The van der Waals surface area contributed by atoms with Crippen LogP contribution < -0.4 is 10.2 Å². The SMILES string of the molecule is O=C(/C=C/c1ccccc1)Oc1ccc(Br)cc1/C=N\NC(=O)c1cccc2ccccc12. The van der Waals surface area contributed by atoms with Crippen LogP contribution in [0.2, 0.25) is 0 Å². The van der Waals surface area contributed by atoms with E-state index in [4.69, 9.17) is 4.74 Å². The summed E-state index contributed by atoms with van der Waals surface area (Å²) in [6.07, 6.45) is 4.48. The normalized spacial score (nSPS) is 11.2. The topological polar surface area (TPSA) is 67.8 Å². The number of hydrogen-bond acceptors (Lipinski definition) is 4. The number of ether oxygens (including phenoxy) is 1. The second-order valence-corrected chi connectivity index (χ2v) is 7.99. The van der Waals surface area contributed by atoms with Gasteiger partial charge in [-0.1, -0.05) is 82.7 Å². The van der Waals surface area contributed by atoms with Gasteiger partial charge in [0, 0.05) is 21.7 Å². The summed E-state index contributed by atoms with van der Waals surface area (Å²) in [5.41, 5.74) is 4.50. The number of benzene rings is 4. The van der Waals surface area contributed by atoms with E-state index in [1.807, 2.05) is 66.7 Å². The average molecular weight is 499 g/mol. The molecule has 6 heteroatoms. The lowest BCUT2D eigenvalue weighted by molar-refractivity contribution is -0.128. The largest absolute Gasteiger partial charge is 0.423 e. The van der Waals surface area contributed by atoms with Crippen LogP contribution in [0.5, 0.6) is 5.75 Å². The molecule has 162 valence electrons. The molecule has 4 aromatic carbocycles. The van der Waals surface area contributed by atoms with Crippen molar-refractivity contribution in [2.45, 2.75) is 0 Å². The first-order chi connectivity index (χ1) is 16.1. The van der Waals surface area contributed by atoms with E-state index in [9.17, 15) is 9.59 Å². The Labute approximate surface area is 199 Å². The van der Waals surface area contributed by atoms with Crippen molar-refractivity contribution in [3.63, 3.8) is 0 Å². The van der Waals surface area contributed by atoms with Gasteiger partial charge in [-0.25, -0.2) is 10.2 Å².